The van der Waals surface area contributed by atoms with Gasteiger partial charge in [0.15, 0.2) is 0 Å². The fourth-order valence-corrected chi connectivity index (χ4v) is 6.45. The molecule has 0 unspecified atom stereocenters. The standard InChI is InChI=1S/C47H33N/c1-32-19-20-38-31-47(44-18-10-8-16-42(44)45(38)29-32)48(46-30-37-13-5-6-14-40(37)41-15-7-9-17-43(41)46)39-27-25-36(26-28-39)35-23-21-34(22-24-35)33-11-3-2-4-12-33/h2-31H,1H3/i2D,3D,4D,11D,12D,21D,22D,23D,24D,25D,26D,27D,28D. The highest BCUT2D eigenvalue weighted by molar-refractivity contribution is 6.18. The molecule has 9 rings (SSSR count). The number of hydrogen-bond acceptors (Lipinski definition) is 1. The fourth-order valence-electron chi connectivity index (χ4n) is 6.45. The molecule has 0 heterocycles. The second kappa shape index (κ2) is 11.6. The molecule has 0 aliphatic heterocycles. The third-order valence-electron chi connectivity index (χ3n) is 8.68. The van der Waals surface area contributed by atoms with E-state index in [9.17, 15) is 5.48 Å². The predicted molar refractivity (Wildman–Crippen MR) is 207 cm³/mol. The molecule has 1 nitrogen and oxygen atoms in total. The Morgan fingerprint density at radius 3 is 1.46 bits per heavy atom. The highest BCUT2D eigenvalue weighted by atomic mass is 15.1. The average Bonchev–Trinajstić information content (AvgIpc) is 3.27. The molecule has 0 fully saturated rings. The molecule has 226 valence electrons. The van der Waals surface area contributed by atoms with E-state index in [1.807, 2.05) is 104 Å². The van der Waals surface area contributed by atoms with Gasteiger partial charge in [-0.25, -0.2) is 0 Å². The van der Waals surface area contributed by atoms with Crippen molar-refractivity contribution in [1.29, 1.82) is 0 Å². The Kier molecular flexibility index (Phi) is 4.25. The van der Waals surface area contributed by atoms with Gasteiger partial charge < -0.3 is 4.90 Å². The first-order valence-corrected chi connectivity index (χ1v) is 15.5. The third kappa shape index (κ3) is 4.80. The minimum Gasteiger partial charge on any atom is -0.309 e. The molecule has 0 aromatic heterocycles. The van der Waals surface area contributed by atoms with Crippen LogP contribution in [0.4, 0.5) is 17.1 Å². The van der Waals surface area contributed by atoms with Gasteiger partial charge in [-0.15, -0.1) is 0 Å². The van der Waals surface area contributed by atoms with Gasteiger partial charge in [0.25, 0.3) is 0 Å². The van der Waals surface area contributed by atoms with E-state index in [0.29, 0.717) is 11.4 Å². The first-order chi connectivity index (χ1) is 29.1. The fraction of sp³-hybridized carbons (Fsp3) is 0.0213. The molecule has 0 saturated carbocycles. The number of nitrogens with zero attached hydrogens (tertiary/aromatic N) is 1. The molecule has 0 radical (unpaired) electrons. The molecule has 0 amide bonds. The van der Waals surface area contributed by atoms with Crippen molar-refractivity contribution in [2.24, 2.45) is 0 Å². The Hall–Kier alpha value is -6.18. The Morgan fingerprint density at radius 1 is 0.396 bits per heavy atom. The predicted octanol–water partition coefficient (Wildman–Crippen LogP) is 13.4. The lowest BCUT2D eigenvalue weighted by atomic mass is 9.95. The number of benzene rings is 9. The molecule has 1 heteroatoms. The van der Waals surface area contributed by atoms with Gasteiger partial charge in [0.05, 0.1) is 29.2 Å². The summed E-state index contributed by atoms with van der Waals surface area (Å²) in [5, 5.41) is 7.08. The molecule has 0 bridgehead atoms. The Morgan fingerprint density at radius 2 is 0.854 bits per heavy atom. The highest BCUT2D eigenvalue weighted by Crippen LogP contribution is 2.46. The molecule has 0 saturated heterocycles. The summed E-state index contributed by atoms with van der Waals surface area (Å²) in [4.78, 5) is 1.75. The largest absolute Gasteiger partial charge is 0.309 e. The van der Waals surface area contributed by atoms with Crippen molar-refractivity contribution in [2.75, 3.05) is 4.90 Å². The van der Waals surface area contributed by atoms with Crippen molar-refractivity contribution in [2.45, 2.75) is 6.92 Å². The van der Waals surface area contributed by atoms with E-state index in [2.05, 4.69) is 6.07 Å². The van der Waals surface area contributed by atoms with Crippen LogP contribution in [0.2, 0.25) is 0 Å². The summed E-state index contributed by atoms with van der Waals surface area (Å²) < 4.78 is 116. The van der Waals surface area contributed by atoms with Crippen molar-refractivity contribution < 1.29 is 17.8 Å². The van der Waals surface area contributed by atoms with Gasteiger partial charge in [-0.3, -0.25) is 0 Å². The zero-order valence-electron chi connectivity index (χ0n) is 38.8. The van der Waals surface area contributed by atoms with E-state index in [-0.39, 0.29) is 5.69 Å². The second-order valence-corrected chi connectivity index (χ2v) is 11.6. The van der Waals surface area contributed by atoms with Crippen LogP contribution in [-0.4, -0.2) is 0 Å². The zero-order chi connectivity index (χ0) is 43.3. The first-order valence-electron chi connectivity index (χ1n) is 22.0. The number of hydrogen-bond donors (Lipinski definition) is 0. The van der Waals surface area contributed by atoms with Crippen LogP contribution in [0.5, 0.6) is 0 Å². The Balaban J connectivity index is 1.38. The minimum absolute atomic E-state index is 0.109. The summed E-state index contributed by atoms with van der Waals surface area (Å²) >= 11 is 0. The van der Waals surface area contributed by atoms with Gasteiger partial charge in [0, 0.05) is 16.5 Å². The van der Waals surface area contributed by atoms with Gasteiger partial charge in [-0.2, -0.15) is 0 Å². The Bertz CT molecular complexity index is 3290. The van der Waals surface area contributed by atoms with Crippen LogP contribution in [0.1, 0.15) is 23.4 Å². The molecule has 0 aliphatic carbocycles. The maximum absolute atomic E-state index is 9.71. The van der Waals surface area contributed by atoms with Gasteiger partial charge in [-0.1, -0.05) is 163 Å². The van der Waals surface area contributed by atoms with Crippen molar-refractivity contribution >= 4 is 60.2 Å². The van der Waals surface area contributed by atoms with Gasteiger partial charge in [0.2, 0.25) is 0 Å². The van der Waals surface area contributed by atoms with Crippen molar-refractivity contribution in [3.63, 3.8) is 0 Å². The highest BCUT2D eigenvalue weighted by Gasteiger charge is 2.20. The van der Waals surface area contributed by atoms with Gasteiger partial charge in [-0.05, 0) is 85.7 Å². The maximum Gasteiger partial charge on any atom is 0.0645 e. The van der Waals surface area contributed by atoms with Crippen LogP contribution in [0.3, 0.4) is 0 Å². The lowest BCUT2D eigenvalue weighted by Gasteiger charge is -2.29. The summed E-state index contributed by atoms with van der Waals surface area (Å²) in [6.07, 6.45) is 0. The molecule has 0 spiro atoms. The molecule has 0 N–H and O–H groups in total. The van der Waals surface area contributed by atoms with E-state index in [1.165, 1.54) is 0 Å². The maximum atomic E-state index is 9.71. The quantitative estimate of drug-likeness (QED) is 0.172. The van der Waals surface area contributed by atoms with Crippen LogP contribution >= 0.6 is 0 Å². The number of fused-ring (bicyclic) bond motifs is 6. The van der Waals surface area contributed by atoms with Gasteiger partial charge >= 0.3 is 0 Å². The summed E-state index contributed by atoms with van der Waals surface area (Å²) in [5.41, 5.74) is 0.0282. The van der Waals surface area contributed by atoms with Crippen LogP contribution < -0.4 is 4.90 Å². The monoisotopic (exact) mass is 624 g/mol. The normalized spacial score (nSPS) is 15.2. The van der Waals surface area contributed by atoms with Crippen LogP contribution in [0.15, 0.2) is 182 Å². The summed E-state index contributed by atoms with van der Waals surface area (Å²) in [7, 11) is 0. The SMILES string of the molecule is [2H]c1c([2H])c([2H])c(-c2c([2H])c([2H])c(-c3c([2H])c([2H])c(N(c4cc5ccccc5c5ccccc45)c4cc5ccc(C)cc5c5ccccc45)c([2H])c3[2H])c([2H])c2[2H])c([2H])c1[2H]. The lowest BCUT2D eigenvalue weighted by molar-refractivity contribution is 1.32. The third-order valence-corrected chi connectivity index (χ3v) is 8.68. The molecule has 0 atom stereocenters. The minimum atomic E-state index is -0.766. The number of aryl methyl sites for hydroxylation is 1. The molecule has 9 aromatic carbocycles. The van der Waals surface area contributed by atoms with Crippen molar-refractivity contribution in [1.82, 2.24) is 0 Å². The van der Waals surface area contributed by atoms with Crippen LogP contribution in [0, 0.1) is 6.92 Å². The molecule has 48 heavy (non-hydrogen) atoms. The average molecular weight is 625 g/mol. The second-order valence-electron chi connectivity index (χ2n) is 11.6. The smallest absolute Gasteiger partial charge is 0.0645 e. The van der Waals surface area contributed by atoms with E-state index >= 15 is 0 Å². The molecule has 0 aliphatic rings. The van der Waals surface area contributed by atoms with Gasteiger partial charge in [0.1, 0.15) is 0 Å². The van der Waals surface area contributed by atoms with E-state index in [1.54, 1.807) is 4.90 Å². The zero-order valence-corrected chi connectivity index (χ0v) is 25.8. The van der Waals surface area contributed by atoms with Crippen molar-refractivity contribution in [3.8, 4) is 22.3 Å². The summed E-state index contributed by atoms with van der Waals surface area (Å²) in [6, 6.07) is 24.6. The molecular weight excluding hydrogens is 579 g/mol. The summed E-state index contributed by atoms with van der Waals surface area (Å²) in [6.45, 7) is 2.02. The van der Waals surface area contributed by atoms with Crippen molar-refractivity contribution in [3.05, 3.63) is 187 Å². The van der Waals surface area contributed by atoms with Crippen LogP contribution in [-0.2, 0) is 0 Å². The Labute approximate surface area is 299 Å². The van der Waals surface area contributed by atoms with Crippen LogP contribution in [0.25, 0.3) is 65.3 Å². The van der Waals surface area contributed by atoms with E-state index < -0.39 is 101 Å². The topological polar surface area (TPSA) is 3.24 Å². The molecule has 9 aromatic rings. The number of anilines is 3. The lowest BCUT2D eigenvalue weighted by Crippen LogP contribution is -2.11. The molecular formula is C47H33N. The number of rotatable bonds is 5. The van der Waals surface area contributed by atoms with E-state index in [0.717, 1.165) is 48.7 Å². The summed E-state index contributed by atoms with van der Waals surface area (Å²) in [5.74, 6) is 0. The van der Waals surface area contributed by atoms with E-state index in [4.69, 9.17) is 12.3 Å². The first kappa shape index (κ1) is 17.7.